The summed E-state index contributed by atoms with van der Waals surface area (Å²) >= 11 is 0. The van der Waals surface area contributed by atoms with Crippen LogP contribution in [0.25, 0.3) is 10.8 Å². The van der Waals surface area contributed by atoms with Crippen LogP contribution in [-0.4, -0.2) is 70.6 Å². The van der Waals surface area contributed by atoms with Crippen LogP contribution in [0.3, 0.4) is 0 Å². The normalized spacial score (nSPS) is 14.9. The third-order valence-corrected chi connectivity index (χ3v) is 7.96. The molecule has 1 saturated heterocycles. The average Bonchev–Trinajstić information content (AvgIpc) is 2.82. The van der Waals surface area contributed by atoms with Gasteiger partial charge in [-0.3, -0.25) is 9.59 Å². The summed E-state index contributed by atoms with van der Waals surface area (Å²) in [6, 6.07) is 11.2. The maximum Gasteiger partial charge on any atom is 0.357 e. The van der Waals surface area contributed by atoms with Crippen LogP contribution in [0.2, 0.25) is 0 Å². The van der Waals surface area contributed by atoms with Crippen molar-refractivity contribution in [1.29, 1.82) is 0 Å². The fourth-order valence-electron chi connectivity index (χ4n) is 3.93. The van der Waals surface area contributed by atoms with Crippen molar-refractivity contribution >= 4 is 32.7 Å². The van der Waals surface area contributed by atoms with Gasteiger partial charge in [0, 0.05) is 31.6 Å². The Labute approximate surface area is 196 Å². The van der Waals surface area contributed by atoms with Crippen molar-refractivity contribution < 1.29 is 23.1 Å². The van der Waals surface area contributed by atoms with Gasteiger partial charge in [0.25, 0.3) is 5.56 Å². The summed E-state index contributed by atoms with van der Waals surface area (Å²) in [6.07, 6.45) is 0. The first-order valence-electron chi connectivity index (χ1n) is 10.7. The molecule has 4 rings (SSSR count). The monoisotopic (exact) mass is 484 g/mol. The van der Waals surface area contributed by atoms with Crippen molar-refractivity contribution in [3.8, 4) is 0 Å². The molecule has 0 saturated carbocycles. The number of hydrogen-bond donors (Lipinski definition) is 1. The largest absolute Gasteiger partial charge is 0.476 e. The number of sulfonamides is 1. The maximum atomic E-state index is 13.0. The lowest BCUT2D eigenvalue weighted by Gasteiger charge is -2.34. The van der Waals surface area contributed by atoms with Crippen LogP contribution in [0.15, 0.2) is 52.2 Å². The molecule has 178 valence electrons. The zero-order chi connectivity index (χ0) is 24.6. The number of aromatic carboxylic acids is 1. The Morgan fingerprint density at radius 1 is 0.971 bits per heavy atom. The Bertz CT molecular complexity index is 1460. The van der Waals surface area contributed by atoms with Crippen molar-refractivity contribution in [2.75, 3.05) is 26.2 Å². The molecular weight excluding hydrogens is 460 g/mol. The number of benzene rings is 2. The minimum absolute atomic E-state index is 0.113. The molecule has 1 aromatic heterocycles. The fraction of sp³-hybridized carbons (Fsp3) is 0.304. The Kier molecular flexibility index (Phi) is 6.24. The third kappa shape index (κ3) is 4.31. The summed E-state index contributed by atoms with van der Waals surface area (Å²) < 4.78 is 28.2. The number of amides is 1. The number of hydrogen-bond acceptors (Lipinski definition) is 6. The van der Waals surface area contributed by atoms with Crippen LogP contribution < -0.4 is 5.56 Å². The summed E-state index contributed by atoms with van der Waals surface area (Å²) in [5.74, 6) is -1.74. The van der Waals surface area contributed by atoms with E-state index in [9.17, 15) is 27.9 Å². The molecule has 2 heterocycles. The zero-order valence-electron chi connectivity index (χ0n) is 18.8. The molecule has 1 aliphatic rings. The molecule has 0 bridgehead atoms. The molecule has 1 fully saturated rings. The molecule has 0 spiro atoms. The lowest BCUT2D eigenvalue weighted by molar-refractivity contribution is -0.133. The minimum Gasteiger partial charge on any atom is -0.476 e. The smallest absolute Gasteiger partial charge is 0.357 e. The van der Waals surface area contributed by atoms with Crippen molar-refractivity contribution in [2.24, 2.45) is 0 Å². The van der Waals surface area contributed by atoms with Crippen molar-refractivity contribution in [3.05, 3.63) is 69.6 Å². The summed E-state index contributed by atoms with van der Waals surface area (Å²) in [5.41, 5.74) is 0.999. The number of aromatic nitrogens is 2. The molecule has 0 unspecified atom stereocenters. The van der Waals surface area contributed by atoms with E-state index in [1.54, 1.807) is 30.3 Å². The number of rotatable bonds is 5. The number of carbonyl (C=O) groups excluding carboxylic acids is 1. The van der Waals surface area contributed by atoms with E-state index < -0.39 is 34.0 Å². The van der Waals surface area contributed by atoms with Gasteiger partial charge in [-0.1, -0.05) is 24.3 Å². The van der Waals surface area contributed by atoms with Gasteiger partial charge in [-0.25, -0.2) is 17.9 Å². The second-order valence-electron chi connectivity index (χ2n) is 8.19. The van der Waals surface area contributed by atoms with Crippen molar-refractivity contribution in [3.63, 3.8) is 0 Å². The predicted molar refractivity (Wildman–Crippen MR) is 124 cm³/mol. The van der Waals surface area contributed by atoms with Gasteiger partial charge < -0.3 is 10.0 Å². The molecule has 1 amide bonds. The quantitative estimate of drug-likeness (QED) is 0.577. The molecule has 0 radical (unpaired) electrons. The molecule has 3 aromatic rings. The van der Waals surface area contributed by atoms with E-state index in [2.05, 4.69) is 5.10 Å². The topological polar surface area (TPSA) is 130 Å². The summed E-state index contributed by atoms with van der Waals surface area (Å²) in [7, 11) is -3.69. The lowest BCUT2D eigenvalue weighted by atomic mass is 10.1. The summed E-state index contributed by atoms with van der Waals surface area (Å²) in [4.78, 5) is 38.9. The number of carboxylic acid groups (broad SMARTS) is 1. The van der Waals surface area contributed by atoms with E-state index >= 15 is 0 Å². The van der Waals surface area contributed by atoms with Gasteiger partial charge in [0.2, 0.25) is 15.9 Å². The highest BCUT2D eigenvalue weighted by atomic mass is 32.2. The van der Waals surface area contributed by atoms with Gasteiger partial charge in [0.05, 0.1) is 10.3 Å². The summed E-state index contributed by atoms with van der Waals surface area (Å²) in [6.45, 7) is 3.85. The highest BCUT2D eigenvalue weighted by Crippen LogP contribution is 2.21. The number of piperazine rings is 1. The molecule has 0 aliphatic carbocycles. The highest BCUT2D eigenvalue weighted by Gasteiger charge is 2.30. The fourth-order valence-corrected chi connectivity index (χ4v) is 5.44. The number of carbonyl (C=O) groups is 2. The standard InChI is InChI=1S/C23H24N4O6S/c1-15-7-8-17(13-16(15)2)34(32,33)26-11-9-25(10-12-26)20(28)14-27-22(29)19-6-4-3-5-18(19)21(24-27)23(30)31/h3-8,13H,9-12,14H2,1-2H3,(H,30,31). The Hall–Kier alpha value is -3.57. The SMILES string of the molecule is Cc1ccc(S(=O)(=O)N2CCN(C(=O)Cn3nc(C(=O)O)c4ccccc4c3=O)CC2)cc1C. The van der Waals surface area contributed by atoms with Crippen LogP contribution in [-0.2, 0) is 21.4 Å². The van der Waals surface area contributed by atoms with E-state index in [4.69, 9.17) is 0 Å². The molecular formula is C23H24N4O6S. The number of carboxylic acids is 1. The predicted octanol–water partition coefficient (Wildman–Crippen LogP) is 1.24. The van der Waals surface area contributed by atoms with Gasteiger partial charge in [0.15, 0.2) is 5.69 Å². The van der Waals surface area contributed by atoms with E-state index in [0.717, 1.165) is 15.8 Å². The number of nitrogens with zero attached hydrogens (tertiary/aromatic N) is 4. The first kappa shape index (κ1) is 23.6. The molecule has 1 N–H and O–H groups in total. The molecule has 0 atom stereocenters. The second kappa shape index (κ2) is 8.99. The van der Waals surface area contributed by atoms with Gasteiger partial charge in [-0.15, -0.1) is 0 Å². The summed E-state index contributed by atoms with van der Waals surface area (Å²) in [5, 5.41) is 13.7. The maximum absolute atomic E-state index is 13.0. The van der Waals surface area contributed by atoms with Crippen LogP contribution in [0, 0.1) is 13.8 Å². The van der Waals surface area contributed by atoms with E-state index in [0.29, 0.717) is 0 Å². The molecule has 10 nitrogen and oxygen atoms in total. The van der Waals surface area contributed by atoms with Crippen LogP contribution in [0.4, 0.5) is 0 Å². The zero-order valence-corrected chi connectivity index (χ0v) is 19.6. The molecule has 34 heavy (non-hydrogen) atoms. The first-order valence-corrected chi connectivity index (χ1v) is 12.1. The van der Waals surface area contributed by atoms with Gasteiger partial charge in [-0.05, 0) is 43.2 Å². The van der Waals surface area contributed by atoms with Gasteiger partial charge in [0.1, 0.15) is 6.54 Å². The lowest BCUT2D eigenvalue weighted by Crippen LogP contribution is -2.51. The van der Waals surface area contributed by atoms with Crippen LogP contribution in [0.1, 0.15) is 21.6 Å². The minimum atomic E-state index is -3.69. The van der Waals surface area contributed by atoms with Crippen LogP contribution >= 0.6 is 0 Å². The second-order valence-corrected chi connectivity index (χ2v) is 10.1. The highest BCUT2D eigenvalue weighted by molar-refractivity contribution is 7.89. The first-order chi connectivity index (χ1) is 16.1. The Morgan fingerprint density at radius 3 is 2.24 bits per heavy atom. The number of aryl methyl sites for hydroxylation is 2. The van der Waals surface area contributed by atoms with E-state index in [-0.39, 0.29) is 47.5 Å². The molecule has 2 aromatic carbocycles. The Balaban J connectivity index is 1.50. The van der Waals surface area contributed by atoms with Crippen LogP contribution in [0.5, 0.6) is 0 Å². The van der Waals surface area contributed by atoms with Gasteiger partial charge in [-0.2, -0.15) is 9.40 Å². The molecule has 11 heteroatoms. The number of fused-ring (bicyclic) bond motifs is 1. The third-order valence-electron chi connectivity index (χ3n) is 6.06. The Morgan fingerprint density at radius 2 is 1.62 bits per heavy atom. The van der Waals surface area contributed by atoms with Crippen molar-refractivity contribution in [2.45, 2.75) is 25.3 Å². The van der Waals surface area contributed by atoms with E-state index in [1.807, 2.05) is 13.8 Å². The van der Waals surface area contributed by atoms with Gasteiger partial charge >= 0.3 is 5.97 Å². The van der Waals surface area contributed by atoms with E-state index in [1.165, 1.54) is 21.3 Å². The average molecular weight is 485 g/mol. The molecule has 1 aliphatic heterocycles. The van der Waals surface area contributed by atoms with Crippen molar-refractivity contribution in [1.82, 2.24) is 19.0 Å².